The monoisotopic (exact) mass is 238 g/mol. The number of nitrogens with zero attached hydrogens (tertiary/aromatic N) is 4. The topological polar surface area (TPSA) is 60.7 Å². The van der Waals surface area contributed by atoms with Crippen molar-refractivity contribution in [3.63, 3.8) is 0 Å². The third-order valence-electron chi connectivity index (χ3n) is 2.79. The first kappa shape index (κ1) is 10.6. The molecule has 0 saturated carbocycles. The van der Waals surface area contributed by atoms with Crippen LogP contribution in [0.1, 0.15) is 17.3 Å². The van der Waals surface area contributed by atoms with E-state index in [1.54, 1.807) is 30.2 Å². The average Bonchev–Trinajstić information content (AvgIpc) is 2.91. The molecule has 0 aliphatic heterocycles. The molecular weight excluding hydrogens is 228 g/mol. The Morgan fingerprint density at radius 2 is 2.00 bits per heavy atom. The predicted octanol–water partition coefficient (Wildman–Crippen LogP) is 2.02. The van der Waals surface area contributed by atoms with Crippen LogP contribution in [-0.2, 0) is 0 Å². The Labute approximate surface area is 103 Å². The van der Waals surface area contributed by atoms with E-state index in [-0.39, 0.29) is 5.78 Å². The molecule has 0 radical (unpaired) electrons. The summed E-state index contributed by atoms with van der Waals surface area (Å²) < 4.78 is 1.59. The minimum atomic E-state index is 0.00356. The van der Waals surface area contributed by atoms with Crippen LogP contribution in [0.3, 0.4) is 0 Å². The fraction of sp³-hybridized carbons (Fsp3) is 0.0769. The Kier molecular flexibility index (Phi) is 2.37. The molecule has 88 valence electrons. The number of carbonyl (C=O) groups excluding carboxylic acids is 1. The molecule has 0 unspecified atom stereocenters. The highest BCUT2D eigenvalue weighted by Crippen LogP contribution is 2.23. The molecule has 2 aromatic heterocycles. The Hall–Kier alpha value is -2.56. The minimum Gasteiger partial charge on any atom is -0.294 e. The van der Waals surface area contributed by atoms with Crippen LogP contribution >= 0.6 is 0 Å². The smallest absolute Gasteiger partial charge is 0.162 e. The van der Waals surface area contributed by atoms with E-state index >= 15 is 0 Å². The molecule has 0 atom stereocenters. The van der Waals surface area contributed by atoms with Gasteiger partial charge in [0.1, 0.15) is 0 Å². The highest BCUT2D eigenvalue weighted by molar-refractivity contribution is 6.08. The van der Waals surface area contributed by atoms with Gasteiger partial charge in [-0.05, 0) is 12.3 Å². The van der Waals surface area contributed by atoms with Crippen LogP contribution in [0.2, 0.25) is 0 Å². The second-order valence-electron chi connectivity index (χ2n) is 3.94. The van der Waals surface area contributed by atoms with Gasteiger partial charge < -0.3 is 0 Å². The molecule has 1 aromatic carbocycles. The molecule has 0 N–H and O–H groups in total. The maximum absolute atomic E-state index is 11.6. The van der Waals surface area contributed by atoms with Crippen LogP contribution in [0.25, 0.3) is 16.6 Å². The van der Waals surface area contributed by atoms with Crippen molar-refractivity contribution in [1.82, 2.24) is 20.0 Å². The summed E-state index contributed by atoms with van der Waals surface area (Å²) in [6.07, 6.45) is 4.90. The van der Waals surface area contributed by atoms with Crippen molar-refractivity contribution in [2.75, 3.05) is 0 Å². The number of aromatic nitrogens is 4. The quantitative estimate of drug-likeness (QED) is 0.641. The fourth-order valence-electron chi connectivity index (χ4n) is 1.96. The van der Waals surface area contributed by atoms with Gasteiger partial charge in [0, 0.05) is 17.1 Å². The van der Waals surface area contributed by atoms with Crippen LogP contribution < -0.4 is 0 Å². The minimum absolute atomic E-state index is 0.00356. The lowest BCUT2D eigenvalue weighted by Crippen LogP contribution is -2.03. The summed E-state index contributed by atoms with van der Waals surface area (Å²) >= 11 is 0. The van der Waals surface area contributed by atoms with Crippen molar-refractivity contribution < 1.29 is 4.79 Å². The number of benzene rings is 1. The van der Waals surface area contributed by atoms with E-state index in [0.717, 1.165) is 10.8 Å². The third-order valence-corrected chi connectivity index (χ3v) is 2.79. The second kappa shape index (κ2) is 4.03. The molecule has 5 heteroatoms. The highest BCUT2D eigenvalue weighted by Gasteiger charge is 2.11. The van der Waals surface area contributed by atoms with Gasteiger partial charge >= 0.3 is 0 Å². The van der Waals surface area contributed by atoms with E-state index in [2.05, 4.69) is 15.3 Å². The first-order chi connectivity index (χ1) is 8.77. The van der Waals surface area contributed by atoms with Crippen LogP contribution in [0.4, 0.5) is 0 Å². The van der Waals surface area contributed by atoms with Crippen molar-refractivity contribution >= 4 is 16.6 Å². The Bertz CT molecular complexity index is 719. The summed E-state index contributed by atoms with van der Waals surface area (Å²) in [5, 5.41) is 9.46. The van der Waals surface area contributed by atoms with Crippen LogP contribution in [0.15, 0.2) is 42.9 Å². The van der Waals surface area contributed by atoms with Crippen molar-refractivity contribution in [3.05, 3.63) is 48.4 Å². The lowest BCUT2D eigenvalue weighted by atomic mass is 10.0. The van der Waals surface area contributed by atoms with E-state index in [1.165, 1.54) is 0 Å². The number of Topliss-reactive ketones (excluding diaryl/α,β-unsaturated/α-hetero) is 1. The Balaban J connectivity index is 2.37. The van der Waals surface area contributed by atoms with Gasteiger partial charge in [0.25, 0.3) is 0 Å². The number of hydrogen-bond acceptors (Lipinski definition) is 4. The maximum atomic E-state index is 11.6. The fourth-order valence-corrected chi connectivity index (χ4v) is 1.96. The zero-order valence-corrected chi connectivity index (χ0v) is 9.74. The Morgan fingerprint density at radius 3 is 2.67 bits per heavy atom. The summed E-state index contributed by atoms with van der Waals surface area (Å²) in [4.78, 5) is 15.9. The molecule has 0 fully saturated rings. The average molecular weight is 238 g/mol. The number of pyridine rings is 1. The zero-order valence-electron chi connectivity index (χ0n) is 9.74. The van der Waals surface area contributed by atoms with Gasteiger partial charge in [0.2, 0.25) is 0 Å². The molecule has 0 spiro atoms. The highest BCUT2D eigenvalue weighted by atomic mass is 16.1. The maximum Gasteiger partial charge on any atom is 0.162 e. The van der Waals surface area contributed by atoms with Crippen molar-refractivity contribution in [1.29, 1.82) is 0 Å². The van der Waals surface area contributed by atoms with E-state index in [4.69, 9.17) is 0 Å². The second-order valence-corrected chi connectivity index (χ2v) is 3.94. The zero-order chi connectivity index (χ0) is 12.5. The molecule has 18 heavy (non-hydrogen) atoms. The molecule has 3 rings (SSSR count). The molecule has 5 nitrogen and oxygen atoms in total. The van der Waals surface area contributed by atoms with Gasteiger partial charge in [-0.3, -0.25) is 4.79 Å². The summed E-state index contributed by atoms with van der Waals surface area (Å²) in [5.41, 5.74) is 0.620. The largest absolute Gasteiger partial charge is 0.294 e. The van der Waals surface area contributed by atoms with Crippen molar-refractivity contribution in [2.24, 2.45) is 0 Å². The molecule has 0 amide bonds. The molecule has 3 aromatic rings. The first-order valence-corrected chi connectivity index (χ1v) is 5.53. The summed E-state index contributed by atoms with van der Waals surface area (Å²) in [5.74, 6) is 0.678. The van der Waals surface area contributed by atoms with Gasteiger partial charge in [-0.1, -0.05) is 29.5 Å². The van der Waals surface area contributed by atoms with Gasteiger partial charge in [-0.15, -0.1) is 5.10 Å². The van der Waals surface area contributed by atoms with E-state index in [9.17, 15) is 4.79 Å². The van der Waals surface area contributed by atoms with Gasteiger partial charge in [-0.2, -0.15) is 0 Å². The normalized spacial score (nSPS) is 10.7. The van der Waals surface area contributed by atoms with Crippen molar-refractivity contribution in [3.8, 4) is 5.82 Å². The van der Waals surface area contributed by atoms with E-state index in [1.807, 2.05) is 24.3 Å². The number of rotatable bonds is 2. The van der Waals surface area contributed by atoms with Gasteiger partial charge in [-0.25, -0.2) is 9.67 Å². The predicted molar refractivity (Wildman–Crippen MR) is 66.7 cm³/mol. The Morgan fingerprint density at radius 1 is 1.22 bits per heavy atom. The molecular formula is C13H10N4O. The molecule has 0 saturated heterocycles. The molecule has 0 aliphatic rings. The van der Waals surface area contributed by atoms with E-state index < -0.39 is 0 Å². The van der Waals surface area contributed by atoms with Gasteiger partial charge in [0.15, 0.2) is 11.6 Å². The lowest BCUT2D eigenvalue weighted by Gasteiger charge is -2.07. The number of hydrogen-bond donors (Lipinski definition) is 0. The molecule has 0 bridgehead atoms. The van der Waals surface area contributed by atoms with Crippen LogP contribution in [0, 0.1) is 0 Å². The van der Waals surface area contributed by atoms with Crippen molar-refractivity contribution in [2.45, 2.75) is 6.92 Å². The van der Waals surface area contributed by atoms with Gasteiger partial charge in [0.05, 0.1) is 12.4 Å². The molecule has 2 heterocycles. The summed E-state index contributed by atoms with van der Waals surface area (Å²) in [6, 6.07) is 7.65. The summed E-state index contributed by atoms with van der Waals surface area (Å²) in [7, 11) is 0. The third kappa shape index (κ3) is 1.57. The van der Waals surface area contributed by atoms with E-state index in [0.29, 0.717) is 11.4 Å². The lowest BCUT2D eigenvalue weighted by molar-refractivity contribution is 0.101. The standard InChI is InChI=1S/C13H10N4O/c1-9(18)12-8-14-13(17-7-6-15-16-17)11-5-3-2-4-10(11)12/h2-8H,1H3. The number of fused-ring (bicyclic) bond motifs is 1. The van der Waals surface area contributed by atoms with Crippen LogP contribution in [-0.4, -0.2) is 25.8 Å². The van der Waals surface area contributed by atoms with Crippen LogP contribution in [0.5, 0.6) is 0 Å². The number of ketones is 1. The SMILES string of the molecule is CC(=O)c1cnc(-n2ccnn2)c2ccccc12. The first-order valence-electron chi connectivity index (χ1n) is 5.53. The summed E-state index contributed by atoms with van der Waals surface area (Å²) in [6.45, 7) is 1.54. The molecule has 0 aliphatic carbocycles. The number of carbonyl (C=O) groups is 1.